The molecular weight excluding hydrogens is 299 g/mol. The van der Waals surface area contributed by atoms with Crippen LogP contribution in [0.1, 0.15) is 37.2 Å². The van der Waals surface area contributed by atoms with Gasteiger partial charge in [-0.2, -0.15) is 0 Å². The molecule has 1 atom stereocenters. The van der Waals surface area contributed by atoms with E-state index in [-0.39, 0.29) is 30.7 Å². The molecule has 124 valence electrons. The van der Waals surface area contributed by atoms with Gasteiger partial charge >= 0.3 is 0 Å². The standard InChI is InChI=1S/C17H21FN2O3/c18-14-9-12(13-2-4-16(22)19-17(13)23)1-3-15(14)20-7-5-11(10-21)6-8-20/h1,3,9,11,13,21H,2,4-8,10H2,(H,19,22,23). The van der Waals surface area contributed by atoms with Crippen molar-refractivity contribution in [3.8, 4) is 0 Å². The number of imide groups is 1. The normalized spacial score (nSPS) is 23.0. The predicted molar refractivity (Wildman–Crippen MR) is 83.5 cm³/mol. The van der Waals surface area contributed by atoms with Crippen LogP contribution in [-0.2, 0) is 9.59 Å². The maximum Gasteiger partial charge on any atom is 0.234 e. The zero-order valence-corrected chi connectivity index (χ0v) is 12.9. The summed E-state index contributed by atoms with van der Waals surface area (Å²) in [4.78, 5) is 25.1. The molecule has 0 saturated carbocycles. The lowest BCUT2D eigenvalue weighted by atomic mass is 9.90. The molecule has 23 heavy (non-hydrogen) atoms. The summed E-state index contributed by atoms with van der Waals surface area (Å²) in [6.45, 7) is 1.63. The van der Waals surface area contributed by atoms with E-state index in [9.17, 15) is 19.1 Å². The molecule has 2 N–H and O–H groups in total. The zero-order chi connectivity index (χ0) is 16.4. The second kappa shape index (κ2) is 6.66. The Kier molecular flexibility index (Phi) is 4.61. The number of amides is 2. The van der Waals surface area contributed by atoms with Crippen LogP contribution in [0.4, 0.5) is 10.1 Å². The third-order valence-electron chi connectivity index (χ3n) is 4.83. The van der Waals surface area contributed by atoms with Crippen molar-refractivity contribution in [1.82, 2.24) is 5.32 Å². The number of aliphatic hydroxyl groups is 1. The Labute approximate surface area is 134 Å². The number of hydrogen-bond acceptors (Lipinski definition) is 4. The number of carbonyl (C=O) groups is 2. The SMILES string of the molecule is O=C1CCC(c2ccc(N3CCC(CO)CC3)c(F)c2)C(=O)N1. The van der Waals surface area contributed by atoms with E-state index in [0.717, 1.165) is 25.9 Å². The largest absolute Gasteiger partial charge is 0.396 e. The Balaban J connectivity index is 1.73. The molecule has 2 amide bonds. The maximum atomic E-state index is 14.5. The van der Waals surface area contributed by atoms with E-state index in [1.807, 2.05) is 4.90 Å². The molecule has 1 unspecified atom stereocenters. The molecule has 2 saturated heterocycles. The number of hydrogen-bond donors (Lipinski definition) is 2. The Morgan fingerprint density at radius 2 is 1.96 bits per heavy atom. The summed E-state index contributed by atoms with van der Waals surface area (Å²) in [5, 5.41) is 11.5. The minimum Gasteiger partial charge on any atom is -0.396 e. The highest BCUT2D eigenvalue weighted by atomic mass is 19.1. The highest BCUT2D eigenvalue weighted by Gasteiger charge is 2.29. The van der Waals surface area contributed by atoms with Crippen molar-refractivity contribution in [3.05, 3.63) is 29.6 Å². The van der Waals surface area contributed by atoms with Gasteiger partial charge in [0.15, 0.2) is 0 Å². The Morgan fingerprint density at radius 1 is 1.22 bits per heavy atom. The average Bonchev–Trinajstić information content (AvgIpc) is 2.55. The van der Waals surface area contributed by atoms with Gasteiger partial charge in [0.25, 0.3) is 0 Å². The van der Waals surface area contributed by atoms with Crippen molar-refractivity contribution < 1.29 is 19.1 Å². The lowest BCUT2D eigenvalue weighted by Gasteiger charge is -2.33. The zero-order valence-electron chi connectivity index (χ0n) is 12.9. The van der Waals surface area contributed by atoms with Gasteiger partial charge < -0.3 is 10.0 Å². The van der Waals surface area contributed by atoms with Crippen LogP contribution in [-0.4, -0.2) is 36.6 Å². The Morgan fingerprint density at radius 3 is 2.57 bits per heavy atom. The third kappa shape index (κ3) is 3.37. The number of nitrogens with zero attached hydrogens (tertiary/aromatic N) is 1. The molecule has 0 aliphatic carbocycles. The van der Waals surface area contributed by atoms with Gasteiger partial charge in [0.1, 0.15) is 5.82 Å². The molecule has 0 bridgehead atoms. The molecule has 5 nitrogen and oxygen atoms in total. The molecule has 2 heterocycles. The number of halogens is 1. The number of anilines is 1. The lowest BCUT2D eigenvalue weighted by Crippen LogP contribution is -2.39. The van der Waals surface area contributed by atoms with Gasteiger partial charge in [0.2, 0.25) is 11.8 Å². The topological polar surface area (TPSA) is 69.6 Å². The Hall–Kier alpha value is -1.95. The van der Waals surface area contributed by atoms with Crippen molar-refractivity contribution in [2.24, 2.45) is 5.92 Å². The van der Waals surface area contributed by atoms with E-state index in [1.165, 1.54) is 6.07 Å². The smallest absolute Gasteiger partial charge is 0.234 e. The quantitative estimate of drug-likeness (QED) is 0.829. The van der Waals surface area contributed by atoms with Crippen LogP contribution < -0.4 is 10.2 Å². The first-order valence-electron chi connectivity index (χ1n) is 8.07. The fraction of sp³-hybridized carbons (Fsp3) is 0.529. The first-order chi connectivity index (χ1) is 11.1. The molecule has 0 spiro atoms. The van der Waals surface area contributed by atoms with E-state index in [2.05, 4.69) is 5.32 Å². The van der Waals surface area contributed by atoms with Gasteiger partial charge in [-0.1, -0.05) is 6.07 Å². The van der Waals surface area contributed by atoms with Crippen LogP contribution >= 0.6 is 0 Å². The van der Waals surface area contributed by atoms with Crippen LogP contribution in [0.2, 0.25) is 0 Å². The van der Waals surface area contributed by atoms with Crippen LogP contribution in [0.3, 0.4) is 0 Å². The second-order valence-electron chi connectivity index (χ2n) is 6.33. The summed E-state index contributed by atoms with van der Waals surface area (Å²) in [6, 6.07) is 4.90. The van der Waals surface area contributed by atoms with E-state index < -0.39 is 5.92 Å². The monoisotopic (exact) mass is 320 g/mol. The number of aliphatic hydroxyl groups excluding tert-OH is 1. The van der Waals surface area contributed by atoms with Gasteiger partial charge in [-0.15, -0.1) is 0 Å². The molecule has 1 aromatic rings. The van der Waals surface area contributed by atoms with Crippen molar-refractivity contribution in [3.63, 3.8) is 0 Å². The van der Waals surface area contributed by atoms with Gasteiger partial charge in [0, 0.05) is 26.1 Å². The van der Waals surface area contributed by atoms with Gasteiger partial charge in [-0.3, -0.25) is 14.9 Å². The summed E-state index contributed by atoms with van der Waals surface area (Å²) in [5.41, 5.74) is 1.15. The van der Waals surface area contributed by atoms with Gasteiger partial charge in [-0.05, 0) is 42.9 Å². The first-order valence-corrected chi connectivity index (χ1v) is 8.07. The van der Waals surface area contributed by atoms with Crippen molar-refractivity contribution in [2.45, 2.75) is 31.6 Å². The molecule has 1 aromatic carbocycles. The summed E-state index contributed by atoms with van der Waals surface area (Å²) >= 11 is 0. The van der Waals surface area contributed by atoms with E-state index in [4.69, 9.17) is 0 Å². The summed E-state index contributed by atoms with van der Waals surface area (Å²) in [6.07, 6.45) is 2.41. The number of nitrogens with one attached hydrogen (secondary N) is 1. The summed E-state index contributed by atoms with van der Waals surface area (Å²) in [5.74, 6) is -1.12. The van der Waals surface area contributed by atoms with E-state index >= 15 is 0 Å². The maximum absolute atomic E-state index is 14.5. The fourth-order valence-electron chi connectivity index (χ4n) is 3.36. The molecule has 2 aliphatic heterocycles. The molecule has 0 radical (unpaired) electrons. The minimum absolute atomic E-state index is 0.185. The molecule has 3 rings (SSSR count). The van der Waals surface area contributed by atoms with E-state index in [0.29, 0.717) is 23.6 Å². The van der Waals surface area contributed by atoms with Crippen molar-refractivity contribution >= 4 is 17.5 Å². The Bertz CT molecular complexity index is 612. The third-order valence-corrected chi connectivity index (χ3v) is 4.83. The molecule has 2 aliphatic rings. The van der Waals surface area contributed by atoms with Crippen LogP contribution in [0.25, 0.3) is 0 Å². The second-order valence-corrected chi connectivity index (χ2v) is 6.33. The molecule has 6 heteroatoms. The van der Waals surface area contributed by atoms with Crippen molar-refractivity contribution in [1.29, 1.82) is 0 Å². The first kappa shape index (κ1) is 15.9. The van der Waals surface area contributed by atoms with E-state index in [1.54, 1.807) is 12.1 Å². The van der Waals surface area contributed by atoms with Crippen molar-refractivity contribution in [2.75, 3.05) is 24.6 Å². The molecular formula is C17H21FN2O3. The number of benzene rings is 1. The minimum atomic E-state index is -0.462. The van der Waals surface area contributed by atoms with Crippen LogP contribution in [0, 0.1) is 11.7 Å². The summed E-state index contributed by atoms with van der Waals surface area (Å²) in [7, 11) is 0. The number of rotatable bonds is 3. The van der Waals surface area contributed by atoms with Crippen LogP contribution in [0.15, 0.2) is 18.2 Å². The van der Waals surface area contributed by atoms with Gasteiger partial charge in [-0.25, -0.2) is 4.39 Å². The van der Waals surface area contributed by atoms with Crippen LogP contribution in [0.5, 0.6) is 0 Å². The average molecular weight is 320 g/mol. The number of piperidine rings is 2. The lowest BCUT2D eigenvalue weighted by molar-refractivity contribution is -0.134. The molecule has 0 aromatic heterocycles. The fourth-order valence-corrected chi connectivity index (χ4v) is 3.36. The molecule has 2 fully saturated rings. The highest BCUT2D eigenvalue weighted by Crippen LogP contribution is 2.30. The summed E-state index contributed by atoms with van der Waals surface area (Å²) < 4.78 is 14.5. The predicted octanol–water partition coefficient (Wildman–Crippen LogP) is 1.55. The van der Waals surface area contributed by atoms with Gasteiger partial charge in [0.05, 0.1) is 11.6 Å². The highest BCUT2D eigenvalue weighted by molar-refractivity contribution is 6.00. The number of carbonyl (C=O) groups excluding carboxylic acids is 2.